The Kier molecular flexibility index (Phi) is 2.21. The third-order valence-corrected chi connectivity index (χ3v) is 2.64. The number of hydrogen-bond donors (Lipinski definition) is 1. The zero-order valence-corrected chi connectivity index (χ0v) is 8.67. The van der Waals surface area contributed by atoms with Crippen molar-refractivity contribution in [2.24, 2.45) is 0 Å². The summed E-state index contributed by atoms with van der Waals surface area (Å²) < 4.78 is 0.861. The van der Waals surface area contributed by atoms with Gasteiger partial charge in [-0.3, -0.25) is 14.9 Å². The lowest BCUT2D eigenvalue weighted by atomic mass is 10.1. The summed E-state index contributed by atoms with van der Waals surface area (Å²) in [6.45, 7) is 0. The summed E-state index contributed by atoms with van der Waals surface area (Å²) in [6, 6.07) is 7.40. The summed E-state index contributed by atoms with van der Waals surface area (Å²) in [5.41, 5.74) is 1.03. The van der Waals surface area contributed by atoms with Gasteiger partial charge >= 0.3 is 0 Å². The number of carbonyl (C=O) groups excluding carboxylic acids is 2. The average molecular weight is 252 g/mol. The Morgan fingerprint density at radius 2 is 1.79 bits per heavy atom. The van der Waals surface area contributed by atoms with Crippen molar-refractivity contribution in [2.45, 2.75) is 0 Å². The molecule has 0 atom stereocenters. The van der Waals surface area contributed by atoms with Gasteiger partial charge < -0.3 is 0 Å². The van der Waals surface area contributed by atoms with Crippen LogP contribution in [0.5, 0.6) is 0 Å². The number of carbonyl (C=O) groups is 2. The van der Waals surface area contributed by atoms with Gasteiger partial charge in [0.1, 0.15) is 5.57 Å². The second-order valence-corrected chi connectivity index (χ2v) is 3.72. The van der Waals surface area contributed by atoms with Crippen LogP contribution < -0.4 is 5.32 Å². The second-order valence-electron chi connectivity index (χ2n) is 2.86. The number of hydrogen-bond acceptors (Lipinski definition) is 2. The molecule has 0 bridgehead atoms. The van der Waals surface area contributed by atoms with Crippen LogP contribution in [-0.4, -0.2) is 11.8 Å². The number of nitrogens with one attached hydrogen (secondary N) is 1. The monoisotopic (exact) mass is 251 g/mol. The molecule has 2 rings (SSSR count). The fourth-order valence-corrected chi connectivity index (χ4v) is 1.56. The van der Waals surface area contributed by atoms with E-state index in [1.54, 1.807) is 6.08 Å². The molecule has 1 fully saturated rings. The van der Waals surface area contributed by atoms with Gasteiger partial charge in [0.2, 0.25) is 0 Å². The number of halogens is 1. The first-order valence-corrected chi connectivity index (χ1v) is 4.79. The Bertz CT molecular complexity index is 435. The lowest BCUT2D eigenvalue weighted by Crippen LogP contribution is -2.47. The van der Waals surface area contributed by atoms with E-state index in [0.717, 1.165) is 10.0 Å². The zero-order chi connectivity index (χ0) is 10.1. The average Bonchev–Trinajstić information content (AvgIpc) is 2.17. The molecule has 1 saturated heterocycles. The molecule has 1 N–H and O–H groups in total. The van der Waals surface area contributed by atoms with E-state index in [9.17, 15) is 9.59 Å². The third-order valence-electron chi connectivity index (χ3n) is 1.92. The lowest BCUT2D eigenvalue weighted by molar-refractivity contribution is -0.134. The van der Waals surface area contributed by atoms with E-state index in [2.05, 4.69) is 21.2 Å². The van der Waals surface area contributed by atoms with E-state index in [4.69, 9.17) is 0 Å². The summed E-state index contributed by atoms with van der Waals surface area (Å²) >= 11 is 3.33. The molecule has 1 aromatic carbocycles. The molecule has 0 aliphatic carbocycles. The maximum Gasteiger partial charge on any atom is 0.263 e. The highest BCUT2D eigenvalue weighted by atomic mass is 79.9. The second kappa shape index (κ2) is 3.38. The van der Waals surface area contributed by atoms with Crippen LogP contribution in [-0.2, 0) is 9.59 Å². The first-order chi connectivity index (χ1) is 6.68. The van der Waals surface area contributed by atoms with Crippen molar-refractivity contribution in [2.75, 3.05) is 0 Å². The third kappa shape index (κ3) is 1.48. The van der Waals surface area contributed by atoms with Crippen LogP contribution in [0.1, 0.15) is 5.56 Å². The van der Waals surface area contributed by atoms with Gasteiger partial charge in [0.15, 0.2) is 0 Å². The number of amides is 2. The summed E-state index contributed by atoms with van der Waals surface area (Å²) in [6.07, 6.45) is 1.57. The molecule has 70 valence electrons. The van der Waals surface area contributed by atoms with Crippen LogP contribution in [0.15, 0.2) is 34.3 Å². The molecule has 14 heavy (non-hydrogen) atoms. The van der Waals surface area contributed by atoms with E-state index >= 15 is 0 Å². The minimum atomic E-state index is -0.314. The van der Waals surface area contributed by atoms with Gasteiger partial charge in [0.25, 0.3) is 11.8 Å². The van der Waals surface area contributed by atoms with Gasteiger partial charge in [-0.1, -0.05) is 34.1 Å². The maximum absolute atomic E-state index is 10.9. The topological polar surface area (TPSA) is 46.2 Å². The molecular weight excluding hydrogens is 246 g/mol. The van der Waals surface area contributed by atoms with Crippen LogP contribution in [0, 0.1) is 0 Å². The molecule has 0 radical (unpaired) electrons. The van der Waals surface area contributed by atoms with Gasteiger partial charge in [0, 0.05) is 4.47 Å². The summed E-state index contributed by atoms with van der Waals surface area (Å²) in [4.78, 5) is 21.9. The largest absolute Gasteiger partial charge is 0.288 e. The van der Waals surface area contributed by atoms with E-state index in [1.807, 2.05) is 24.3 Å². The molecule has 0 saturated carbocycles. The number of benzene rings is 1. The van der Waals surface area contributed by atoms with Crippen LogP contribution >= 0.6 is 15.9 Å². The Hall–Kier alpha value is -1.42. The molecule has 0 spiro atoms. The van der Waals surface area contributed by atoms with Gasteiger partial charge in [-0.15, -0.1) is 0 Å². The molecule has 4 heteroatoms. The number of β-lactam (4-membered cyclic amide) rings is 2. The molecular formula is C10H6BrNO2. The standard InChI is InChI=1S/C10H6BrNO2/c11-8-4-2-1-3-6(8)5-7-9(13)12-10(7)14/h1-5H,(H,12,13,14). The summed E-state index contributed by atoms with van der Waals surface area (Å²) in [5, 5.41) is 2.13. The van der Waals surface area contributed by atoms with Crippen LogP contribution in [0.2, 0.25) is 0 Å². The predicted molar refractivity (Wildman–Crippen MR) is 55.3 cm³/mol. The van der Waals surface area contributed by atoms with Crippen molar-refractivity contribution in [1.29, 1.82) is 0 Å². The van der Waals surface area contributed by atoms with E-state index in [0.29, 0.717) is 0 Å². The van der Waals surface area contributed by atoms with Crippen molar-refractivity contribution in [3.05, 3.63) is 39.9 Å². The zero-order valence-electron chi connectivity index (χ0n) is 7.08. The van der Waals surface area contributed by atoms with E-state index in [-0.39, 0.29) is 17.4 Å². The highest BCUT2D eigenvalue weighted by Crippen LogP contribution is 2.20. The SMILES string of the molecule is O=C1NC(=O)C1=Cc1ccccc1Br. The van der Waals surface area contributed by atoms with Gasteiger partial charge in [0.05, 0.1) is 0 Å². The van der Waals surface area contributed by atoms with Gasteiger partial charge in [-0.05, 0) is 17.7 Å². The van der Waals surface area contributed by atoms with Gasteiger partial charge in [-0.25, -0.2) is 0 Å². The van der Waals surface area contributed by atoms with Gasteiger partial charge in [-0.2, -0.15) is 0 Å². The normalized spacial score (nSPS) is 14.8. The molecule has 1 aromatic rings. The number of imide groups is 1. The molecule has 1 aliphatic rings. The van der Waals surface area contributed by atoms with Crippen molar-refractivity contribution < 1.29 is 9.59 Å². The van der Waals surface area contributed by atoms with Crippen LogP contribution in [0.4, 0.5) is 0 Å². The van der Waals surface area contributed by atoms with E-state index in [1.165, 1.54) is 0 Å². The molecule has 2 amide bonds. The highest BCUT2D eigenvalue weighted by molar-refractivity contribution is 9.10. The minimum Gasteiger partial charge on any atom is -0.288 e. The molecule has 1 aliphatic heterocycles. The van der Waals surface area contributed by atoms with Crippen molar-refractivity contribution in [1.82, 2.24) is 5.32 Å². The molecule has 3 nitrogen and oxygen atoms in total. The van der Waals surface area contributed by atoms with Crippen LogP contribution in [0.3, 0.4) is 0 Å². The van der Waals surface area contributed by atoms with Crippen molar-refractivity contribution >= 4 is 33.8 Å². The highest BCUT2D eigenvalue weighted by Gasteiger charge is 2.30. The molecule has 0 aromatic heterocycles. The molecule has 1 heterocycles. The predicted octanol–water partition coefficient (Wildman–Crippen LogP) is 1.49. The Labute approximate surface area is 88.9 Å². The fourth-order valence-electron chi connectivity index (χ4n) is 1.16. The first kappa shape index (κ1) is 9.15. The van der Waals surface area contributed by atoms with E-state index < -0.39 is 0 Å². The Balaban J connectivity index is 2.39. The smallest absolute Gasteiger partial charge is 0.263 e. The summed E-state index contributed by atoms with van der Waals surface area (Å²) in [7, 11) is 0. The molecule has 0 unspecified atom stereocenters. The Morgan fingerprint density at radius 3 is 2.36 bits per heavy atom. The quantitative estimate of drug-likeness (QED) is 0.467. The van der Waals surface area contributed by atoms with Crippen molar-refractivity contribution in [3.63, 3.8) is 0 Å². The fraction of sp³-hybridized carbons (Fsp3) is 0. The lowest BCUT2D eigenvalue weighted by Gasteiger charge is -2.15. The minimum absolute atomic E-state index is 0.205. The van der Waals surface area contributed by atoms with Crippen molar-refractivity contribution in [3.8, 4) is 0 Å². The summed E-state index contributed by atoms with van der Waals surface area (Å²) in [5.74, 6) is -0.628. The number of rotatable bonds is 1. The first-order valence-electron chi connectivity index (χ1n) is 4.00. The maximum atomic E-state index is 10.9. The van der Waals surface area contributed by atoms with Crippen LogP contribution in [0.25, 0.3) is 6.08 Å². The Morgan fingerprint density at radius 1 is 1.14 bits per heavy atom.